The lowest BCUT2D eigenvalue weighted by Gasteiger charge is -2.08. The molecule has 110 valence electrons. The van der Waals surface area contributed by atoms with Gasteiger partial charge < -0.3 is 10.6 Å². The number of aryl methyl sites for hydroxylation is 1. The average Bonchev–Trinajstić information content (AvgIpc) is 3.11. The molecule has 0 aromatic carbocycles. The first-order valence-corrected chi connectivity index (χ1v) is 7.73. The molecular formula is C13H17N7S. The lowest BCUT2D eigenvalue weighted by atomic mass is 10.3. The van der Waals surface area contributed by atoms with E-state index in [0.29, 0.717) is 12.5 Å². The van der Waals surface area contributed by atoms with Crippen LogP contribution in [-0.2, 0) is 6.54 Å². The van der Waals surface area contributed by atoms with Crippen LogP contribution in [-0.4, -0.2) is 31.7 Å². The van der Waals surface area contributed by atoms with Crippen molar-refractivity contribution in [2.45, 2.75) is 26.8 Å². The molecule has 0 aliphatic heterocycles. The molecule has 3 aromatic rings. The van der Waals surface area contributed by atoms with Crippen LogP contribution in [0, 0.1) is 6.92 Å². The number of anilines is 2. The fraction of sp³-hybridized carbons (Fsp3) is 0.385. The number of H-pyrrole nitrogens is 1. The van der Waals surface area contributed by atoms with Crippen LogP contribution in [0.4, 0.5) is 11.8 Å². The minimum atomic E-state index is 0.608. The molecule has 8 heteroatoms. The molecule has 0 aliphatic rings. The third-order valence-corrected chi connectivity index (χ3v) is 4.04. The molecule has 0 unspecified atom stereocenters. The minimum Gasteiger partial charge on any atom is -0.364 e. The van der Waals surface area contributed by atoms with E-state index in [0.717, 1.165) is 35.5 Å². The smallest absolute Gasteiger partial charge is 0.226 e. The standard InChI is InChI=1S/C13H17N7S/c1-3-4-14-13-18-11(9-5-17-20-12(9)19-13)15-6-10-8(2)16-7-21-10/h5,7H,3-4,6H2,1-2H3,(H3,14,15,17,18,19,20). The predicted octanol–water partition coefficient (Wildman–Crippen LogP) is 2.55. The number of fused-ring (bicyclic) bond motifs is 1. The van der Waals surface area contributed by atoms with E-state index in [-0.39, 0.29) is 0 Å². The quantitative estimate of drug-likeness (QED) is 0.648. The maximum atomic E-state index is 4.53. The Morgan fingerprint density at radius 1 is 1.29 bits per heavy atom. The van der Waals surface area contributed by atoms with Crippen molar-refractivity contribution in [3.63, 3.8) is 0 Å². The first kappa shape index (κ1) is 13.7. The fourth-order valence-corrected chi connectivity index (χ4v) is 2.66. The molecule has 3 N–H and O–H groups in total. The summed E-state index contributed by atoms with van der Waals surface area (Å²) in [5, 5.41) is 14.4. The summed E-state index contributed by atoms with van der Waals surface area (Å²) in [6.45, 7) is 5.65. The molecular weight excluding hydrogens is 286 g/mol. The number of aromatic nitrogens is 5. The number of aromatic amines is 1. The van der Waals surface area contributed by atoms with Crippen molar-refractivity contribution < 1.29 is 0 Å². The fourth-order valence-electron chi connectivity index (χ4n) is 1.95. The van der Waals surface area contributed by atoms with Gasteiger partial charge >= 0.3 is 0 Å². The molecule has 3 rings (SSSR count). The molecule has 0 aliphatic carbocycles. The molecule has 3 aromatic heterocycles. The molecule has 3 heterocycles. The van der Waals surface area contributed by atoms with Gasteiger partial charge in [-0.3, -0.25) is 5.10 Å². The molecule has 0 fully saturated rings. The van der Waals surface area contributed by atoms with E-state index in [1.54, 1.807) is 17.5 Å². The van der Waals surface area contributed by atoms with Crippen LogP contribution in [0.1, 0.15) is 23.9 Å². The molecule has 0 bridgehead atoms. The van der Waals surface area contributed by atoms with E-state index in [2.05, 4.69) is 42.7 Å². The van der Waals surface area contributed by atoms with Crippen LogP contribution in [0.2, 0.25) is 0 Å². The van der Waals surface area contributed by atoms with Crippen molar-refractivity contribution in [1.29, 1.82) is 0 Å². The highest BCUT2D eigenvalue weighted by Crippen LogP contribution is 2.22. The highest BCUT2D eigenvalue weighted by atomic mass is 32.1. The molecule has 0 spiro atoms. The van der Waals surface area contributed by atoms with Gasteiger partial charge in [-0.05, 0) is 13.3 Å². The second kappa shape index (κ2) is 6.04. The van der Waals surface area contributed by atoms with Gasteiger partial charge in [0.1, 0.15) is 5.82 Å². The van der Waals surface area contributed by atoms with Crippen molar-refractivity contribution in [3.05, 3.63) is 22.3 Å². The Kier molecular flexibility index (Phi) is 3.96. The second-order valence-corrected chi connectivity index (χ2v) is 5.61. The van der Waals surface area contributed by atoms with Crippen LogP contribution in [0.3, 0.4) is 0 Å². The van der Waals surface area contributed by atoms with E-state index >= 15 is 0 Å². The zero-order valence-electron chi connectivity index (χ0n) is 12.0. The summed E-state index contributed by atoms with van der Waals surface area (Å²) in [5.41, 5.74) is 3.63. The van der Waals surface area contributed by atoms with E-state index in [4.69, 9.17) is 0 Å². The summed E-state index contributed by atoms with van der Waals surface area (Å²) in [6, 6.07) is 0. The van der Waals surface area contributed by atoms with Gasteiger partial charge in [0.2, 0.25) is 5.95 Å². The van der Waals surface area contributed by atoms with Gasteiger partial charge in [0.05, 0.1) is 29.3 Å². The van der Waals surface area contributed by atoms with Crippen LogP contribution < -0.4 is 10.6 Å². The Labute approximate surface area is 126 Å². The Morgan fingerprint density at radius 3 is 2.95 bits per heavy atom. The topological polar surface area (TPSA) is 91.4 Å². The average molecular weight is 303 g/mol. The van der Waals surface area contributed by atoms with Crippen molar-refractivity contribution >= 4 is 34.1 Å². The Morgan fingerprint density at radius 2 is 2.19 bits per heavy atom. The minimum absolute atomic E-state index is 0.608. The number of hydrogen-bond acceptors (Lipinski definition) is 7. The molecule has 0 saturated heterocycles. The van der Waals surface area contributed by atoms with Crippen LogP contribution in [0.5, 0.6) is 0 Å². The van der Waals surface area contributed by atoms with Crippen molar-refractivity contribution in [3.8, 4) is 0 Å². The van der Waals surface area contributed by atoms with Gasteiger partial charge in [0, 0.05) is 11.4 Å². The highest BCUT2D eigenvalue weighted by Gasteiger charge is 2.10. The molecule has 0 radical (unpaired) electrons. The van der Waals surface area contributed by atoms with Crippen molar-refractivity contribution in [2.75, 3.05) is 17.2 Å². The maximum absolute atomic E-state index is 4.53. The van der Waals surface area contributed by atoms with Crippen LogP contribution in [0.15, 0.2) is 11.7 Å². The third-order valence-electron chi connectivity index (χ3n) is 3.10. The van der Waals surface area contributed by atoms with Crippen molar-refractivity contribution in [1.82, 2.24) is 25.1 Å². The first-order chi connectivity index (χ1) is 10.3. The lowest BCUT2D eigenvalue weighted by molar-refractivity contribution is 0.953. The van der Waals surface area contributed by atoms with E-state index < -0.39 is 0 Å². The van der Waals surface area contributed by atoms with Crippen molar-refractivity contribution in [2.24, 2.45) is 0 Å². The lowest BCUT2D eigenvalue weighted by Crippen LogP contribution is -2.08. The number of nitrogens with zero attached hydrogens (tertiary/aromatic N) is 4. The summed E-state index contributed by atoms with van der Waals surface area (Å²) >= 11 is 1.64. The molecule has 0 saturated carbocycles. The maximum Gasteiger partial charge on any atom is 0.226 e. The Balaban J connectivity index is 1.85. The van der Waals surface area contributed by atoms with Gasteiger partial charge in [-0.2, -0.15) is 15.1 Å². The summed E-state index contributed by atoms with van der Waals surface area (Å²) < 4.78 is 0. The second-order valence-electron chi connectivity index (χ2n) is 4.67. The summed E-state index contributed by atoms with van der Waals surface area (Å²) in [7, 11) is 0. The van der Waals surface area contributed by atoms with Gasteiger partial charge in [0.25, 0.3) is 0 Å². The molecule has 21 heavy (non-hydrogen) atoms. The third kappa shape index (κ3) is 2.94. The summed E-state index contributed by atoms with van der Waals surface area (Å²) in [6.07, 6.45) is 2.76. The monoisotopic (exact) mass is 303 g/mol. The molecule has 0 atom stereocenters. The van der Waals surface area contributed by atoms with E-state index in [9.17, 15) is 0 Å². The van der Waals surface area contributed by atoms with Gasteiger partial charge in [0.15, 0.2) is 5.65 Å². The van der Waals surface area contributed by atoms with E-state index in [1.807, 2.05) is 12.4 Å². The molecule has 0 amide bonds. The zero-order valence-corrected chi connectivity index (χ0v) is 12.8. The molecule has 7 nitrogen and oxygen atoms in total. The summed E-state index contributed by atoms with van der Waals surface area (Å²) in [5.74, 6) is 1.39. The number of nitrogens with one attached hydrogen (secondary N) is 3. The Bertz CT molecular complexity index is 733. The Hall–Kier alpha value is -2.22. The largest absolute Gasteiger partial charge is 0.364 e. The predicted molar refractivity (Wildman–Crippen MR) is 84.6 cm³/mol. The first-order valence-electron chi connectivity index (χ1n) is 6.85. The summed E-state index contributed by atoms with van der Waals surface area (Å²) in [4.78, 5) is 14.4. The van der Waals surface area contributed by atoms with Crippen LogP contribution >= 0.6 is 11.3 Å². The van der Waals surface area contributed by atoms with E-state index in [1.165, 1.54) is 4.88 Å². The highest BCUT2D eigenvalue weighted by molar-refractivity contribution is 7.09. The van der Waals surface area contributed by atoms with Crippen LogP contribution in [0.25, 0.3) is 11.0 Å². The zero-order chi connectivity index (χ0) is 14.7. The van der Waals surface area contributed by atoms with Gasteiger partial charge in [-0.25, -0.2) is 4.98 Å². The number of rotatable bonds is 6. The number of thiazole rings is 1. The normalized spacial score (nSPS) is 11.0. The SMILES string of the molecule is CCCNc1nc(NCc2scnc2C)c2cn[nH]c2n1. The van der Waals surface area contributed by atoms with Gasteiger partial charge in [-0.1, -0.05) is 6.92 Å². The van der Waals surface area contributed by atoms with Gasteiger partial charge in [-0.15, -0.1) is 11.3 Å². The number of hydrogen-bond donors (Lipinski definition) is 3.